The zero-order valence-corrected chi connectivity index (χ0v) is 13.7. The normalized spacial score (nSPS) is 33.3. The lowest BCUT2D eigenvalue weighted by Gasteiger charge is -2.56. The molecular weight excluding hydrogens is 307 g/mol. The molecule has 4 aliphatic carbocycles. The molecule has 4 bridgehead atoms. The van der Waals surface area contributed by atoms with Crippen molar-refractivity contribution in [3.63, 3.8) is 0 Å². The van der Waals surface area contributed by atoms with Gasteiger partial charge in [-0.3, -0.25) is 20.4 Å². The van der Waals surface area contributed by atoms with Crippen LogP contribution in [0.5, 0.6) is 0 Å². The molecule has 0 saturated heterocycles. The van der Waals surface area contributed by atoms with Gasteiger partial charge in [-0.2, -0.15) is 0 Å². The number of halogens is 1. The minimum Gasteiger partial charge on any atom is -0.273 e. The molecule has 24 heavy (non-hydrogen) atoms. The van der Waals surface area contributed by atoms with Crippen LogP contribution in [0.2, 0.25) is 0 Å². The second kappa shape index (κ2) is 5.87. The third-order valence-corrected chi connectivity index (χ3v) is 6.12. The number of carbonyl (C=O) groups excluding carboxylic acids is 2. The molecule has 4 nitrogen and oxygen atoms in total. The first-order chi connectivity index (χ1) is 11.5. The Kier molecular flexibility index (Phi) is 3.82. The standard InChI is InChI=1S/C19H23FN2O2/c20-16-3-1-15(2-4-16)18(24)22-21-17(23)11-19-8-12-5-13(9-19)7-14(6-12)10-19/h1-4,12-14H,5-11H2,(H,21,23)(H,22,24). The van der Waals surface area contributed by atoms with Crippen molar-refractivity contribution in [3.05, 3.63) is 35.6 Å². The van der Waals surface area contributed by atoms with Crippen LogP contribution in [0.15, 0.2) is 24.3 Å². The van der Waals surface area contributed by atoms with E-state index < -0.39 is 11.7 Å². The van der Waals surface area contributed by atoms with Gasteiger partial charge in [0.2, 0.25) is 5.91 Å². The van der Waals surface area contributed by atoms with Crippen molar-refractivity contribution in [2.24, 2.45) is 23.2 Å². The first kappa shape index (κ1) is 15.6. The van der Waals surface area contributed by atoms with Crippen molar-refractivity contribution in [1.29, 1.82) is 0 Å². The average molecular weight is 330 g/mol. The van der Waals surface area contributed by atoms with Crippen LogP contribution in [0.4, 0.5) is 4.39 Å². The van der Waals surface area contributed by atoms with E-state index in [1.807, 2.05) is 0 Å². The predicted molar refractivity (Wildman–Crippen MR) is 87.2 cm³/mol. The number of carbonyl (C=O) groups is 2. The maximum Gasteiger partial charge on any atom is 0.269 e. The fourth-order valence-electron chi connectivity index (χ4n) is 5.69. The summed E-state index contributed by atoms with van der Waals surface area (Å²) >= 11 is 0. The van der Waals surface area contributed by atoms with Gasteiger partial charge in [0.1, 0.15) is 5.82 Å². The van der Waals surface area contributed by atoms with Gasteiger partial charge in [-0.15, -0.1) is 0 Å². The molecule has 0 heterocycles. The lowest BCUT2D eigenvalue weighted by molar-refractivity contribution is -0.130. The van der Waals surface area contributed by atoms with Crippen LogP contribution in [0.25, 0.3) is 0 Å². The Morgan fingerprint density at radius 2 is 1.50 bits per heavy atom. The molecule has 0 aromatic heterocycles. The van der Waals surface area contributed by atoms with Gasteiger partial charge in [-0.1, -0.05) is 0 Å². The van der Waals surface area contributed by atoms with E-state index in [9.17, 15) is 14.0 Å². The molecule has 0 unspecified atom stereocenters. The highest BCUT2D eigenvalue weighted by Crippen LogP contribution is 2.61. The van der Waals surface area contributed by atoms with Crippen LogP contribution >= 0.6 is 0 Å². The number of hydrogen-bond acceptors (Lipinski definition) is 2. The fraction of sp³-hybridized carbons (Fsp3) is 0.579. The molecule has 0 radical (unpaired) electrons. The number of rotatable bonds is 3. The molecule has 1 aromatic carbocycles. The second-order valence-electron chi connectivity index (χ2n) is 8.10. The lowest BCUT2D eigenvalue weighted by atomic mass is 9.49. The Balaban J connectivity index is 1.32. The van der Waals surface area contributed by atoms with Crippen molar-refractivity contribution in [1.82, 2.24) is 10.9 Å². The first-order valence-corrected chi connectivity index (χ1v) is 8.86. The largest absolute Gasteiger partial charge is 0.273 e. The average Bonchev–Trinajstić information content (AvgIpc) is 2.51. The molecule has 4 saturated carbocycles. The molecule has 4 aliphatic rings. The van der Waals surface area contributed by atoms with Crippen molar-refractivity contribution in [3.8, 4) is 0 Å². The van der Waals surface area contributed by atoms with E-state index in [0.717, 1.165) is 17.8 Å². The van der Waals surface area contributed by atoms with Gasteiger partial charge in [0.05, 0.1) is 0 Å². The highest BCUT2D eigenvalue weighted by molar-refractivity contribution is 5.95. The summed E-state index contributed by atoms with van der Waals surface area (Å²) in [5.74, 6) is 1.48. The maximum atomic E-state index is 12.9. The summed E-state index contributed by atoms with van der Waals surface area (Å²) in [6, 6.07) is 5.25. The highest BCUT2D eigenvalue weighted by atomic mass is 19.1. The zero-order chi connectivity index (χ0) is 16.7. The van der Waals surface area contributed by atoms with Gasteiger partial charge in [0.15, 0.2) is 0 Å². The molecule has 4 fully saturated rings. The van der Waals surface area contributed by atoms with E-state index >= 15 is 0 Å². The Hall–Kier alpha value is -1.91. The molecular formula is C19H23FN2O2. The van der Waals surface area contributed by atoms with Crippen LogP contribution in [-0.4, -0.2) is 11.8 Å². The van der Waals surface area contributed by atoms with Gasteiger partial charge >= 0.3 is 0 Å². The number of nitrogens with one attached hydrogen (secondary N) is 2. The molecule has 0 spiro atoms. The Labute approximate surface area is 141 Å². The predicted octanol–water partition coefficient (Wildman–Crippen LogP) is 3.19. The number of hydrazine groups is 1. The van der Waals surface area contributed by atoms with E-state index in [-0.39, 0.29) is 11.3 Å². The molecule has 5 heteroatoms. The van der Waals surface area contributed by atoms with E-state index in [1.54, 1.807) is 0 Å². The summed E-state index contributed by atoms with van der Waals surface area (Å²) in [5.41, 5.74) is 5.46. The Morgan fingerprint density at radius 3 is 2.04 bits per heavy atom. The lowest BCUT2D eigenvalue weighted by Crippen LogP contribution is -2.50. The second-order valence-corrected chi connectivity index (χ2v) is 8.10. The van der Waals surface area contributed by atoms with Crippen LogP contribution < -0.4 is 10.9 Å². The summed E-state index contributed by atoms with van der Waals surface area (Å²) in [7, 11) is 0. The number of benzene rings is 1. The highest BCUT2D eigenvalue weighted by Gasteiger charge is 2.51. The summed E-state index contributed by atoms with van der Waals surface area (Å²) in [6.07, 6.45) is 8.04. The third kappa shape index (κ3) is 3.04. The third-order valence-electron chi connectivity index (χ3n) is 6.12. The molecule has 2 amide bonds. The maximum absolute atomic E-state index is 12.9. The van der Waals surface area contributed by atoms with Gasteiger partial charge in [-0.05, 0) is 86.0 Å². The zero-order valence-electron chi connectivity index (χ0n) is 13.7. The van der Waals surface area contributed by atoms with Crippen LogP contribution in [0.3, 0.4) is 0 Å². The van der Waals surface area contributed by atoms with E-state index in [1.165, 1.54) is 62.8 Å². The quantitative estimate of drug-likeness (QED) is 0.836. The summed E-state index contributed by atoms with van der Waals surface area (Å²) in [5, 5.41) is 0. The molecule has 5 rings (SSSR count). The fourth-order valence-corrected chi connectivity index (χ4v) is 5.69. The van der Waals surface area contributed by atoms with Crippen molar-refractivity contribution < 1.29 is 14.0 Å². The molecule has 0 aliphatic heterocycles. The Bertz CT molecular complexity index is 621. The molecule has 128 valence electrons. The molecule has 1 aromatic rings. The van der Waals surface area contributed by atoms with E-state index in [2.05, 4.69) is 10.9 Å². The van der Waals surface area contributed by atoms with Crippen LogP contribution in [0.1, 0.15) is 55.3 Å². The molecule has 2 N–H and O–H groups in total. The van der Waals surface area contributed by atoms with E-state index in [4.69, 9.17) is 0 Å². The van der Waals surface area contributed by atoms with Crippen molar-refractivity contribution in [2.75, 3.05) is 0 Å². The van der Waals surface area contributed by atoms with Gasteiger partial charge in [-0.25, -0.2) is 4.39 Å². The van der Waals surface area contributed by atoms with Crippen LogP contribution in [0, 0.1) is 29.0 Å². The minimum atomic E-state index is -0.422. The first-order valence-electron chi connectivity index (χ1n) is 8.86. The summed E-state index contributed by atoms with van der Waals surface area (Å²) in [4.78, 5) is 24.3. The number of amides is 2. The van der Waals surface area contributed by atoms with Crippen molar-refractivity contribution >= 4 is 11.8 Å². The minimum absolute atomic E-state index is 0.118. The summed E-state index contributed by atoms with van der Waals surface area (Å²) < 4.78 is 12.9. The van der Waals surface area contributed by atoms with Gasteiger partial charge in [0.25, 0.3) is 5.91 Å². The van der Waals surface area contributed by atoms with E-state index in [0.29, 0.717) is 12.0 Å². The van der Waals surface area contributed by atoms with Crippen molar-refractivity contribution in [2.45, 2.75) is 44.9 Å². The SMILES string of the molecule is O=C(CC12CC3CC(CC(C3)C1)C2)NNC(=O)c1ccc(F)cc1. The molecule has 0 atom stereocenters. The Morgan fingerprint density at radius 1 is 0.958 bits per heavy atom. The smallest absolute Gasteiger partial charge is 0.269 e. The van der Waals surface area contributed by atoms with Crippen LogP contribution in [-0.2, 0) is 4.79 Å². The van der Waals surface area contributed by atoms with Gasteiger partial charge < -0.3 is 0 Å². The number of hydrogen-bond donors (Lipinski definition) is 2. The summed E-state index contributed by atoms with van der Waals surface area (Å²) in [6.45, 7) is 0. The topological polar surface area (TPSA) is 58.2 Å². The monoisotopic (exact) mass is 330 g/mol. The van der Waals surface area contributed by atoms with Gasteiger partial charge in [0, 0.05) is 12.0 Å².